The standard InChI is InChI=1S/C15H24O4/c1-5-6-7-8-15(18)11(3)10(2)14(17)12(15)9-13(16)19-4/h12,18H,5-9H2,1-4H3/t12-,15-/m0/s1. The number of unbranched alkanes of at least 4 members (excludes halogenated alkanes) is 2. The molecule has 0 unspecified atom stereocenters. The molecule has 0 heterocycles. The molecular weight excluding hydrogens is 244 g/mol. The molecule has 0 saturated heterocycles. The van der Waals surface area contributed by atoms with Crippen LogP contribution in [-0.2, 0) is 14.3 Å². The summed E-state index contributed by atoms with van der Waals surface area (Å²) in [5.41, 5.74) is 0.125. The van der Waals surface area contributed by atoms with Gasteiger partial charge in [-0.05, 0) is 31.4 Å². The smallest absolute Gasteiger partial charge is 0.306 e. The van der Waals surface area contributed by atoms with Gasteiger partial charge >= 0.3 is 5.97 Å². The second kappa shape index (κ2) is 6.33. The predicted molar refractivity (Wildman–Crippen MR) is 72.6 cm³/mol. The van der Waals surface area contributed by atoms with Crippen molar-refractivity contribution < 1.29 is 19.4 Å². The Hall–Kier alpha value is -1.16. The van der Waals surface area contributed by atoms with E-state index in [1.54, 1.807) is 13.8 Å². The van der Waals surface area contributed by atoms with E-state index in [2.05, 4.69) is 11.7 Å². The third-order valence-corrected chi connectivity index (χ3v) is 4.23. The molecule has 1 aliphatic carbocycles. The Labute approximate surface area is 114 Å². The van der Waals surface area contributed by atoms with Gasteiger partial charge in [-0.15, -0.1) is 0 Å². The van der Waals surface area contributed by atoms with Gasteiger partial charge in [0.05, 0.1) is 25.0 Å². The topological polar surface area (TPSA) is 63.6 Å². The fourth-order valence-corrected chi connectivity index (χ4v) is 2.77. The van der Waals surface area contributed by atoms with Crippen LogP contribution < -0.4 is 0 Å². The number of hydrogen-bond donors (Lipinski definition) is 1. The molecule has 0 aromatic carbocycles. The zero-order valence-corrected chi connectivity index (χ0v) is 12.3. The van der Waals surface area contributed by atoms with E-state index in [4.69, 9.17) is 0 Å². The Morgan fingerprint density at radius 2 is 2.00 bits per heavy atom. The number of carbonyl (C=O) groups is 2. The van der Waals surface area contributed by atoms with Crippen molar-refractivity contribution >= 4 is 11.8 Å². The van der Waals surface area contributed by atoms with E-state index in [1.165, 1.54) is 7.11 Å². The lowest BCUT2D eigenvalue weighted by Crippen LogP contribution is -2.39. The molecule has 0 spiro atoms. The predicted octanol–water partition coefficient (Wildman–Crippen LogP) is 2.40. The van der Waals surface area contributed by atoms with Gasteiger partial charge in [-0.2, -0.15) is 0 Å². The Balaban J connectivity index is 2.93. The summed E-state index contributed by atoms with van der Waals surface area (Å²) in [5.74, 6) is -1.26. The molecule has 0 aliphatic heterocycles. The first-order valence-electron chi connectivity index (χ1n) is 6.89. The van der Waals surface area contributed by atoms with Crippen LogP contribution in [0.5, 0.6) is 0 Å². The summed E-state index contributed by atoms with van der Waals surface area (Å²) in [6.45, 7) is 5.60. The fourth-order valence-electron chi connectivity index (χ4n) is 2.77. The van der Waals surface area contributed by atoms with Gasteiger partial charge in [-0.3, -0.25) is 9.59 Å². The monoisotopic (exact) mass is 268 g/mol. The molecule has 0 saturated carbocycles. The number of hydrogen-bond acceptors (Lipinski definition) is 4. The van der Waals surface area contributed by atoms with E-state index >= 15 is 0 Å². The summed E-state index contributed by atoms with van der Waals surface area (Å²) in [7, 11) is 1.30. The van der Waals surface area contributed by atoms with Crippen LogP contribution in [0.2, 0.25) is 0 Å². The van der Waals surface area contributed by atoms with Crippen LogP contribution in [-0.4, -0.2) is 29.6 Å². The molecule has 0 aromatic rings. The average molecular weight is 268 g/mol. The van der Waals surface area contributed by atoms with Crippen LogP contribution in [0.1, 0.15) is 52.9 Å². The molecule has 1 rings (SSSR count). The summed E-state index contributed by atoms with van der Waals surface area (Å²) in [6, 6.07) is 0. The number of esters is 1. The number of rotatable bonds is 6. The van der Waals surface area contributed by atoms with Crippen molar-refractivity contribution in [2.45, 2.75) is 58.5 Å². The maximum Gasteiger partial charge on any atom is 0.306 e. The Kier molecular flexibility index (Phi) is 5.29. The van der Waals surface area contributed by atoms with Crippen LogP contribution in [0.3, 0.4) is 0 Å². The molecular formula is C15H24O4. The Morgan fingerprint density at radius 1 is 1.37 bits per heavy atom. The number of methoxy groups -OCH3 is 1. The van der Waals surface area contributed by atoms with Crippen LogP contribution in [0.15, 0.2) is 11.1 Å². The van der Waals surface area contributed by atoms with Crippen molar-refractivity contribution in [1.29, 1.82) is 0 Å². The Bertz CT molecular complexity index is 397. The highest BCUT2D eigenvalue weighted by Gasteiger charge is 2.49. The van der Waals surface area contributed by atoms with E-state index < -0.39 is 17.5 Å². The first-order chi connectivity index (χ1) is 8.88. The van der Waals surface area contributed by atoms with E-state index in [0.717, 1.165) is 19.3 Å². The third-order valence-electron chi connectivity index (χ3n) is 4.23. The molecule has 108 valence electrons. The first kappa shape index (κ1) is 15.9. The molecule has 1 aliphatic rings. The van der Waals surface area contributed by atoms with Crippen molar-refractivity contribution in [1.82, 2.24) is 0 Å². The van der Waals surface area contributed by atoms with Crippen LogP contribution >= 0.6 is 0 Å². The van der Waals surface area contributed by atoms with Crippen molar-refractivity contribution in [2.24, 2.45) is 5.92 Å². The maximum atomic E-state index is 12.2. The normalized spacial score (nSPS) is 27.0. The van der Waals surface area contributed by atoms with Crippen molar-refractivity contribution in [3.63, 3.8) is 0 Å². The van der Waals surface area contributed by atoms with Crippen molar-refractivity contribution in [2.75, 3.05) is 7.11 Å². The maximum absolute atomic E-state index is 12.2. The lowest BCUT2D eigenvalue weighted by Gasteiger charge is -2.30. The van der Waals surface area contributed by atoms with E-state index in [0.29, 0.717) is 17.6 Å². The van der Waals surface area contributed by atoms with Gasteiger partial charge in [0, 0.05) is 0 Å². The SMILES string of the molecule is CCCCC[C@]1(O)C(C)=C(C)C(=O)[C@@H]1CC(=O)OC. The third kappa shape index (κ3) is 3.06. The van der Waals surface area contributed by atoms with E-state index in [9.17, 15) is 14.7 Å². The molecule has 0 fully saturated rings. The van der Waals surface area contributed by atoms with Gasteiger partial charge in [0.15, 0.2) is 5.78 Å². The highest BCUT2D eigenvalue weighted by molar-refractivity contribution is 6.03. The minimum Gasteiger partial charge on any atom is -0.469 e. The molecule has 0 aromatic heterocycles. The molecule has 1 N–H and O–H groups in total. The van der Waals surface area contributed by atoms with Gasteiger partial charge in [0.1, 0.15) is 0 Å². The zero-order valence-electron chi connectivity index (χ0n) is 12.3. The second-order valence-electron chi connectivity index (χ2n) is 5.33. The lowest BCUT2D eigenvalue weighted by atomic mass is 9.80. The number of carbonyl (C=O) groups excluding carboxylic acids is 2. The molecule has 4 heteroatoms. The fraction of sp³-hybridized carbons (Fsp3) is 0.733. The number of aliphatic hydroxyl groups is 1. The molecule has 19 heavy (non-hydrogen) atoms. The highest BCUT2D eigenvalue weighted by Crippen LogP contribution is 2.43. The summed E-state index contributed by atoms with van der Waals surface area (Å²) in [5, 5.41) is 10.8. The number of allylic oxidation sites excluding steroid dienone is 1. The summed E-state index contributed by atoms with van der Waals surface area (Å²) in [6.07, 6.45) is 3.38. The Morgan fingerprint density at radius 3 is 2.53 bits per heavy atom. The zero-order chi connectivity index (χ0) is 14.6. The van der Waals surface area contributed by atoms with Crippen LogP contribution in [0.4, 0.5) is 0 Å². The van der Waals surface area contributed by atoms with Crippen LogP contribution in [0.25, 0.3) is 0 Å². The molecule has 2 atom stereocenters. The number of ether oxygens (including phenoxy) is 1. The molecule has 0 bridgehead atoms. The molecule has 0 radical (unpaired) electrons. The van der Waals surface area contributed by atoms with E-state index in [-0.39, 0.29) is 12.2 Å². The minimum atomic E-state index is -1.18. The molecule has 0 amide bonds. The van der Waals surface area contributed by atoms with Gasteiger partial charge in [-0.1, -0.05) is 26.2 Å². The van der Waals surface area contributed by atoms with Crippen molar-refractivity contribution in [3.8, 4) is 0 Å². The van der Waals surface area contributed by atoms with Crippen LogP contribution in [0, 0.1) is 5.92 Å². The number of ketones is 1. The number of Topliss-reactive ketones (excluding diaryl/α,β-unsaturated/α-hetero) is 1. The van der Waals surface area contributed by atoms with Crippen molar-refractivity contribution in [3.05, 3.63) is 11.1 Å². The summed E-state index contributed by atoms with van der Waals surface area (Å²) in [4.78, 5) is 23.6. The second-order valence-corrected chi connectivity index (χ2v) is 5.33. The molecule has 4 nitrogen and oxygen atoms in total. The quantitative estimate of drug-likeness (QED) is 0.593. The van der Waals surface area contributed by atoms with Gasteiger partial charge < -0.3 is 9.84 Å². The highest BCUT2D eigenvalue weighted by atomic mass is 16.5. The summed E-state index contributed by atoms with van der Waals surface area (Å²) < 4.78 is 4.63. The first-order valence-corrected chi connectivity index (χ1v) is 6.89. The summed E-state index contributed by atoms with van der Waals surface area (Å²) >= 11 is 0. The average Bonchev–Trinajstić information content (AvgIpc) is 2.55. The van der Waals surface area contributed by atoms with Gasteiger partial charge in [0.25, 0.3) is 0 Å². The lowest BCUT2D eigenvalue weighted by molar-refractivity contribution is -0.146. The van der Waals surface area contributed by atoms with E-state index in [1.807, 2.05) is 0 Å². The van der Waals surface area contributed by atoms with Gasteiger partial charge in [-0.25, -0.2) is 0 Å². The minimum absolute atomic E-state index is 0.0490. The largest absolute Gasteiger partial charge is 0.469 e. The van der Waals surface area contributed by atoms with Gasteiger partial charge in [0.2, 0.25) is 0 Å².